The number of anilines is 2. The Morgan fingerprint density at radius 3 is 2.58 bits per heavy atom. The zero-order valence-corrected chi connectivity index (χ0v) is 18.7. The highest BCUT2D eigenvalue weighted by atomic mass is 35.5. The van der Waals surface area contributed by atoms with Gasteiger partial charge in [-0.25, -0.2) is 4.98 Å². The van der Waals surface area contributed by atoms with Crippen LogP contribution in [0.5, 0.6) is 0 Å². The predicted octanol–water partition coefficient (Wildman–Crippen LogP) is 5.89. The van der Waals surface area contributed by atoms with Gasteiger partial charge in [-0.15, -0.1) is 11.3 Å². The maximum Gasteiger partial charge on any atom is 0.260 e. The molecule has 0 fully saturated rings. The highest BCUT2D eigenvalue weighted by molar-refractivity contribution is 7.17. The summed E-state index contributed by atoms with van der Waals surface area (Å²) in [5.41, 5.74) is 2.71. The summed E-state index contributed by atoms with van der Waals surface area (Å²) >= 11 is 7.46. The van der Waals surface area contributed by atoms with Gasteiger partial charge in [0.25, 0.3) is 5.91 Å². The van der Waals surface area contributed by atoms with E-state index >= 15 is 0 Å². The van der Waals surface area contributed by atoms with E-state index in [1.54, 1.807) is 18.3 Å². The fraction of sp³-hybridized carbons (Fsp3) is 0.292. The summed E-state index contributed by atoms with van der Waals surface area (Å²) in [5.74, 6) is 0.186. The number of aryl methyl sites for hydroxylation is 2. The first-order chi connectivity index (χ1) is 15.1. The molecule has 2 N–H and O–H groups in total. The molecule has 0 atom stereocenters. The number of nitrogens with zero attached hydrogens (tertiary/aromatic N) is 1. The number of nitrogens with one attached hydrogen (secondary N) is 2. The lowest BCUT2D eigenvalue weighted by Gasteiger charge is -2.10. The lowest BCUT2D eigenvalue weighted by molar-refractivity contribution is -0.116. The largest absolute Gasteiger partial charge is 0.317 e. The quantitative estimate of drug-likeness (QED) is 0.457. The highest BCUT2D eigenvalue weighted by Crippen LogP contribution is 2.38. The summed E-state index contributed by atoms with van der Waals surface area (Å²) < 4.78 is 0. The molecule has 1 aliphatic carbocycles. The van der Waals surface area contributed by atoms with Gasteiger partial charge in [0.2, 0.25) is 5.91 Å². The predicted molar refractivity (Wildman–Crippen MR) is 126 cm³/mol. The molecule has 0 spiro atoms. The summed E-state index contributed by atoms with van der Waals surface area (Å²) in [4.78, 5) is 31.3. The van der Waals surface area contributed by atoms with E-state index in [1.807, 2.05) is 30.3 Å². The van der Waals surface area contributed by atoms with Crippen molar-refractivity contribution in [2.75, 3.05) is 10.6 Å². The lowest BCUT2D eigenvalue weighted by Crippen LogP contribution is -2.18. The Balaban J connectivity index is 1.52. The molecule has 4 rings (SSSR count). The van der Waals surface area contributed by atoms with Crippen LogP contribution in [0, 0.1) is 0 Å². The summed E-state index contributed by atoms with van der Waals surface area (Å²) in [7, 11) is 0. The van der Waals surface area contributed by atoms with E-state index in [9.17, 15) is 9.59 Å². The van der Waals surface area contributed by atoms with Gasteiger partial charge in [0.15, 0.2) is 0 Å². The molecular weight excluding hydrogens is 430 g/mol. The van der Waals surface area contributed by atoms with Crippen molar-refractivity contribution in [3.8, 4) is 0 Å². The fourth-order valence-electron chi connectivity index (χ4n) is 3.78. The second-order valence-corrected chi connectivity index (χ2v) is 9.15. The molecule has 2 amide bonds. The zero-order valence-electron chi connectivity index (χ0n) is 17.1. The first kappa shape index (κ1) is 21.5. The van der Waals surface area contributed by atoms with Gasteiger partial charge in [0.1, 0.15) is 10.8 Å². The van der Waals surface area contributed by atoms with Gasteiger partial charge in [0.05, 0.1) is 5.56 Å². The molecule has 3 aromatic rings. The van der Waals surface area contributed by atoms with Crippen molar-refractivity contribution >= 4 is 45.6 Å². The van der Waals surface area contributed by atoms with Gasteiger partial charge in [-0.05, 0) is 67.5 Å². The monoisotopic (exact) mass is 453 g/mol. The number of thiophene rings is 1. The van der Waals surface area contributed by atoms with Gasteiger partial charge in [0, 0.05) is 22.5 Å². The van der Waals surface area contributed by atoms with E-state index in [2.05, 4.69) is 15.6 Å². The van der Waals surface area contributed by atoms with Crippen LogP contribution in [-0.2, 0) is 24.1 Å². The van der Waals surface area contributed by atoms with Crippen LogP contribution in [0.2, 0.25) is 5.02 Å². The van der Waals surface area contributed by atoms with Gasteiger partial charge < -0.3 is 10.6 Å². The molecule has 0 saturated heterocycles. The number of amides is 2. The van der Waals surface area contributed by atoms with Crippen LogP contribution in [0.15, 0.2) is 48.7 Å². The minimum atomic E-state index is -0.217. The second-order valence-electron chi connectivity index (χ2n) is 7.61. The van der Waals surface area contributed by atoms with Crippen LogP contribution in [0.1, 0.15) is 52.0 Å². The van der Waals surface area contributed by atoms with E-state index in [4.69, 9.17) is 11.6 Å². The molecule has 1 aliphatic rings. The third-order valence-electron chi connectivity index (χ3n) is 5.36. The molecule has 0 unspecified atom stereocenters. The number of hydrogen-bond donors (Lipinski definition) is 2. The Hall–Kier alpha value is -2.70. The summed E-state index contributed by atoms with van der Waals surface area (Å²) in [6.07, 6.45) is 7.72. The number of pyridine rings is 1. The molecule has 1 aromatic carbocycles. The molecule has 0 bridgehead atoms. The van der Waals surface area contributed by atoms with E-state index in [0.29, 0.717) is 34.2 Å². The Labute approximate surface area is 190 Å². The van der Waals surface area contributed by atoms with E-state index in [0.717, 1.165) is 43.2 Å². The lowest BCUT2D eigenvalue weighted by atomic mass is 10.0. The number of carbonyl (C=O) groups excluding carboxylic acids is 2. The number of fused-ring (bicyclic) bond motifs is 1. The Morgan fingerprint density at radius 1 is 1.00 bits per heavy atom. The number of carbonyl (C=O) groups is 2. The van der Waals surface area contributed by atoms with Gasteiger partial charge in [-0.3, -0.25) is 9.59 Å². The van der Waals surface area contributed by atoms with Crippen LogP contribution in [0.3, 0.4) is 0 Å². The van der Waals surface area contributed by atoms with Crippen molar-refractivity contribution in [3.05, 3.63) is 75.3 Å². The van der Waals surface area contributed by atoms with Crippen LogP contribution >= 0.6 is 22.9 Å². The van der Waals surface area contributed by atoms with Gasteiger partial charge >= 0.3 is 0 Å². The third kappa shape index (κ3) is 5.51. The highest BCUT2D eigenvalue weighted by Gasteiger charge is 2.26. The maximum atomic E-state index is 13.2. The van der Waals surface area contributed by atoms with Crippen molar-refractivity contribution in [2.45, 2.75) is 44.9 Å². The van der Waals surface area contributed by atoms with E-state index < -0.39 is 0 Å². The zero-order chi connectivity index (χ0) is 21.6. The standard InChI is InChI=1S/C24H24ClN3O2S/c25-17-12-9-16(10-13-17)11-14-21(29)28-24-22(18-6-2-1-3-7-19(18)31-24)23(30)27-20-8-4-5-15-26-20/h4-5,8-10,12-13,15H,1-3,6-7,11,14H2,(H,28,29)(H,26,27,30). The van der Waals surface area contributed by atoms with Crippen LogP contribution in [-0.4, -0.2) is 16.8 Å². The average molecular weight is 454 g/mol. The van der Waals surface area contributed by atoms with Gasteiger partial charge in [-0.2, -0.15) is 0 Å². The van der Waals surface area contributed by atoms with Crippen molar-refractivity contribution in [3.63, 3.8) is 0 Å². The molecule has 2 aromatic heterocycles. The normalized spacial score (nSPS) is 13.2. The van der Waals surface area contributed by atoms with Crippen molar-refractivity contribution in [1.82, 2.24) is 4.98 Å². The Kier molecular flexibility index (Phi) is 6.99. The molecular formula is C24H24ClN3O2S. The number of rotatable bonds is 6. The van der Waals surface area contributed by atoms with Crippen molar-refractivity contribution in [2.24, 2.45) is 0 Å². The average Bonchev–Trinajstić information content (AvgIpc) is 2.94. The topological polar surface area (TPSA) is 71.1 Å². The molecule has 2 heterocycles. The van der Waals surface area contributed by atoms with Gasteiger partial charge in [-0.1, -0.05) is 36.2 Å². The molecule has 160 valence electrons. The minimum absolute atomic E-state index is 0.0988. The molecule has 5 nitrogen and oxygen atoms in total. The molecule has 31 heavy (non-hydrogen) atoms. The first-order valence-electron chi connectivity index (χ1n) is 10.5. The first-order valence-corrected chi connectivity index (χ1v) is 11.7. The molecule has 0 saturated carbocycles. The molecule has 7 heteroatoms. The van der Waals surface area contributed by atoms with Crippen LogP contribution < -0.4 is 10.6 Å². The van der Waals surface area contributed by atoms with Crippen LogP contribution in [0.4, 0.5) is 10.8 Å². The Morgan fingerprint density at radius 2 is 1.81 bits per heavy atom. The summed E-state index contributed by atoms with van der Waals surface area (Å²) in [6, 6.07) is 12.9. The minimum Gasteiger partial charge on any atom is -0.317 e. The number of aromatic nitrogens is 1. The number of benzene rings is 1. The van der Waals surface area contributed by atoms with Crippen molar-refractivity contribution in [1.29, 1.82) is 0 Å². The summed E-state index contributed by atoms with van der Waals surface area (Å²) in [6.45, 7) is 0. The molecule has 0 radical (unpaired) electrons. The van der Waals surface area contributed by atoms with E-state index in [-0.39, 0.29) is 11.8 Å². The molecule has 0 aliphatic heterocycles. The number of halogens is 1. The number of hydrogen-bond acceptors (Lipinski definition) is 4. The van der Waals surface area contributed by atoms with Crippen LogP contribution in [0.25, 0.3) is 0 Å². The second kappa shape index (κ2) is 10.1. The van der Waals surface area contributed by atoms with Crippen molar-refractivity contribution < 1.29 is 9.59 Å². The maximum absolute atomic E-state index is 13.2. The smallest absolute Gasteiger partial charge is 0.260 e. The van der Waals surface area contributed by atoms with E-state index in [1.165, 1.54) is 16.2 Å². The SMILES string of the molecule is O=C(CCc1ccc(Cl)cc1)Nc1sc2c(c1C(=O)Nc1ccccn1)CCCCC2. The third-order valence-corrected chi connectivity index (χ3v) is 6.82. The summed E-state index contributed by atoms with van der Waals surface area (Å²) in [5, 5.41) is 7.21. The fourth-order valence-corrected chi connectivity index (χ4v) is 5.21. The Bertz CT molecular complexity index is 1060.